The monoisotopic (exact) mass is 293 g/mol. The van der Waals surface area contributed by atoms with E-state index in [1.807, 2.05) is 4.90 Å². The molecule has 0 bridgehead atoms. The molecule has 116 valence electrons. The van der Waals surface area contributed by atoms with Crippen molar-refractivity contribution in [3.63, 3.8) is 0 Å². The third-order valence-corrected chi connectivity index (χ3v) is 3.94. The quantitative estimate of drug-likeness (QED) is 0.907. The number of rotatable bonds is 3. The molecule has 1 saturated heterocycles. The number of hydrogen-bond acceptors (Lipinski definition) is 3. The van der Waals surface area contributed by atoms with Crippen LogP contribution in [0, 0.1) is 0 Å². The van der Waals surface area contributed by atoms with E-state index in [1.54, 1.807) is 12.3 Å². The average Bonchev–Trinajstić information content (AvgIpc) is 2.86. The molecule has 1 aromatic heterocycles. The molecule has 1 fully saturated rings. The topological polar surface area (TPSA) is 65.8 Å². The summed E-state index contributed by atoms with van der Waals surface area (Å²) >= 11 is 0. The van der Waals surface area contributed by atoms with E-state index in [1.165, 1.54) is 10.6 Å². The highest BCUT2D eigenvalue weighted by Crippen LogP contribution is 2.16. The molecule has 0 aliphatic carbocycles. The van der Waals surface area contributed by atoms with Gasteiger partial charge in [-0.1, -0.05) is 0 Å². The van der Waals surface area contributed by atoms with Gasteiger partial charge >= 0.3 is 5.97 Å². The summed E-state index contributed by atoms with van der Waals surface area (Å²) in [6, 6.07) is 3.15. The highest BCUT2D eigenvalue weighted by atomic mass is 16.4. The molecule has 0 atom stereocenters. The third kappa shape index (κ3) is 3.64. The normalized spacial score (nSPS) is 17.0. The lowest BCUT2D eigenvalue weighted by Gasteiger charge is -2.42. The Morgan fingerprint density at radius 3 is 2.33 bits per heavy atom. The van der Waals surface area contributed by atoms with Gasteiger partial charge in [0.05, 0.1) is 0 Å². The van der Waals surface area contributed by atoms with E-state index in [4.69, 9.17) is 5.11 Å². The SMILES string of the molecule is CC(C)(C)N1CCN(C(=O)Cn2cccc2C(=O)O)CC1. The average molecular weight is 293 g/mol. The maximum atomic E-state index is 12.3. The fourth-order valence-corrected chi connectivity index (χ4v) is 2.62. The number of carboxylic acid groups (broad SMARTS) is 1. The summed E-state index contributed by atoms with van der Waals surface area (Å²) in [6.45, 7) is 9.69. The van der Waals surface area contributed by atoms with E-state index in [0.717, 1.165) is 13.1 Å². The van der Waals surface area contributed by atoms with Gasteiger partial charge in [0.1, 0.15) is 12.2 Å². The summed E-state index contributed by atoms with van der Waals surface area (Å²) in [4.78, 5) is 27.5. The summed E-state index contributed by atoms with van der Waals surface area (Å²) in [7, 11) is 0. The molecule has 21 heavy (non-hydrogen) atoms. The van der Waals surface area contributed by atoms with E-state index in [2.05, 4.69) is 25.7 Å². The van der Waals surface area contributed by atoms with Crippen LogP contribution >= 0.6 is 0 Å². The number of carbonyl (C=O) groups is 2. The largest absolute Gasteiger partial charge is 0.477 e. The van der Waals surface area contributed by atoms with Gasteiger partial charge in [0, 0.05) is 37.9 Å². The molecule has 6 heteroatoms. The minimum Gasteiger partial charge on any atom is -0.477 e. The number of amides is 1. The van der Waals surface area contributed by atoms with Crippen molar-refractivity contribution in [2.75, 3.05) is 26.2 Å². The summed E-state index contributed by atoms with van der Waals surface area (Å²) in [5.41, 5.74) is 0.267. The second-order valence-corrected chi connectivity index (χ2v) is 6.37. The van der Waals surface area contributed by atoms with Crippen molar-refractivity contribution >= 4 is 11.9 Å². The molecule has 0 spiro atoms. The lowest BCUT2D eigenvalue weighted by molar-refractivity contribution is -0.134. The second-order valence-electron chi connectivity index (χ2n) is 6.37. The van der Waals surface area contributed by atoms with Gasteiger partial charge in [-0.05, 0) is 32.9 Å². The lowest BCUT2D eigenvalue weighted by atomic mass is 10.0. The predicted octanol–water partition coefficient (Wildman–Crippen LogP) is 1.13. The maximum Gasteiger partial charge on any atom is 0.352 e. The predicted molar refractivity (Wildman–Crippen MR) is 79.3 cm³/mol. The molecule has 0 radical (unpaired) electrons. The number of aromatic carboxylic acids is 1. The van der Waals surface area contributed by atoms with Crippen molar-refractivity contribution in [1.29, 1.82) is 0 Å². The molecule has 0 saturated carbocycles. The summed E-state index contributed by atoms with van der Waals surface area (Å²) in [5.74, 6) is -1.03. The van der Waals surface area contributed by atoms with Crippen molar-refractivity contribution in [1.82, 2.24) is 14.4 Å². The lowest BCUT2D eigenvalue weighted by Crippen LogP contribution is -2.55. The fourth-order valence-electron chi connectivity index (χ4n) is 2.62. The summed E-state index contributed by atoms with van der Waals surface area (Å²) in [6.07, 6.45) is 1.63. The van der Waals surface area contributed by atoms with Crippen LogP contribution < -0.4 is 0 Å². The maximum absolute atomic E-state index is 12.3. The van der Waals surface area contributed by atoms with Gasteiger partial charge < -0.3 is 14.6 Å². The van der Waals surface area contributed by atoms with Crippen molar-refractivity contribution < 1.29 is 14.7 Å². The number of carboxylic acids is 1. The molecule has 0 unspecified atom stereocenters. The van der Waals surface area contributed by atoms with Gasteiger partial charge in [-0.2, -0.15) is 0 Å². The number of piperazine rings is 1. The van der Waals surface area contributed by atoms with Crippen molar-refractivity contribution in [3.8, 4) is 0 Å². The summed E-state index contributed by atoms with van der Waals surface area (Å²) < 4.78 is 1.49. The minimum atomic E-state index is -1.01. The van der Waals surface area contributed by atoms with Crippen LogP contribution in [-0.4, -0.2) is 63.1 Å². The molecule has 1 N–H and O–H groups in total. The van der Waals surface area contributed by atoms with Gasteiger partial charge in [-0.25, -0.2) is 4.79 Å². The fraction of sp³-hybridized carbons (Fsp3) is 0.600. The Balaban J connectivity index is 1.94. The Hall–Kier alpha value is -1.82. The van der Waals surface area contributed by atoms with Crippen LogP contribution in [0.1, 0.15) is 31.3 Å². The van der Waals surface area contributed by atoms with Crippen LogP contribution in [0.2, 0.25) is 0 Å². The zero-order chi connectivity index (χ0) is 15.6. The first-order valence-electron chi connectivity index (χ1n) is 7.20. The van der Waals surface area contributed by atoms with Crippen LogP contribution in [0.4, 0.5) is 0 Å². The molecule has 2 heterocycles. The number of nitrogens with zero attached hydrogens (tertiary/aromatic N) is 3. The highest BCUT2D eigenvalue weighted by molar-refractivity contribution is 5.86. The standard InChI is InChI=1S/C15H23N3O3/c1-15(2,3)18-9-7-16(8-10-18)13(19)11-17-6-4-5-12(17)14(20)21/h4-6H,7-11H2,1-3H3,(H,20,21). The van der Waals surface area contributed by atoms with Gasteiger partial charge in [0.25, 0.3) is 0 Å². The second kappa shape index (κ2) is 5.89. The van der Waals surface area contributed by atoms with Gasteiger partial charge in [-0.15, -0.1) is 0 Å². The van der Waals surface area contributed by atoms with Crippen LogP contribution in [0.3, 0.4) is 0 Å². The van der Waals surface area contributed by atoms with Crippen molar-refractivity contribution in [2.45, 2.75) is 32.9 Å². The van der Waals surface area contributed by atoms with E-state index in [9.17, 15) is 9.59 Å². The van der Waals surface area contributed by atoms with Crippen molar-refractivity contribution in [3.05, 3.63) is 24.0 Å². The van der Waals surface area contributed by atoms with Gasteiger partial charge in [0.2, 0.25) is 5.91 Å². The Kier molecular flexibility index (Phi) is 4.37. The van der Waals surface area contributed by atoms with E-state index in [0.29, 0.717) is 13.1 Å². The number of aromatic nitrogens is 1. The Morgan fingerprint density at radius 2 is 1.81 bits per heavy atom. The summed E-state index contributed by atoms with van der Waals surface area (Å²) in [5, 5.41) is 9.05. The van der Waals surface area contributed by atoms with Crippen molar-refractivity contribution in [2.24, 2.45) is 0 Å². The van der Waals surface area contributed by atoms with Crippen LogP contribution in [-0.2, 0) is 11.3 Å². The van der Waals surface area contributed by atoms with Crippen LogP contribution in [0.15, 0.2) is 18.3 Å². The van der Waals surface area contributed by atoms with Crippen LogP contribution in [0.25, 0.3) is 0 Å². The molecule has 6 nitrogen and oxygen atoms in total. The number of carbonyl (C=O) groups excluding carboxylic acids is 1. The minimum absolute atomic E-state index is 0.0257. The van der Waals surface area contributed by atoms with Crippen LogP contribution in [0.5, 0.6) is 0 Å². The molecule has 1 aliphatic heterocycles. The highest BCUT2D eigenvalue weighted by Gasteiger charge is 2.28. The Bertz CT molecular complexity index is 523. The first-order chi connectivity index (χ1) is 9.79. The number of hydrogen-bond donors (Lipinski definition) is 1. The smallest absolute Gasteiger partial charge is 0.352 e. The Morgan fingerprint density at radius 1 is 1.19 bits per heavy atom. The first kappa shape index (κ1) is 15.6. The third-order valence-electron chi connectivity index (χ3n) is 3.94. The molecular weight excluding hydrogens is 270 g/mol. The van der Waals surface area contributed by atoms with E-state index < -0.39 is 5.97 Å². The van der Waals surface area contributed by atoms with Gasteiger partial charge in [-0.3, -0.25) is 9.69 Å². The molecule has 2 rings (SSSR count). The molecule has 0 aromatic carbocycles. The molecular formula is C15H23N3O3. The first-order valence-corrected chi connectivity index (χ1v) is 7.20. The molecule has 1 aliphatic rings. The molecule has 1 amide bonds. The van der Waals surface area contributed by atoms with E-state index in [-0.39, 0.29) is 23.7 Å². The molecule has 1 aromatic rings. The zero-order valence-electron chi connectivity index (χ0n) is 12.9. The van der Waals surface area contributed by atoms with E-state index >= 15 is 0 Å². The zero-order valence-corrected chi connectivity index (χ0v) is 12.9. The Labute approximate surface area is 124 Å². The van der Waals surface area contributed by atoms with Gasteiger partial charge in [0.15, 0.2) is 0 Å².